The van der Waals surface area contributed by atoms with Crippen molar-refractivity contribution < 1.29 is 4.79 Å². The van der Waals surface area contributed by atoms with Crippen molar-refractivity contribution in [2.45, 2.75) is 12.5 Å². The van der Waals surface area contributed by atoms with Crippen LogP contribution in [0.5, 0.6) is 0 Å². The van der Waals surface area contributed by atoms with Crippen LogP contribution in [0.3, 0.4) is 0 Å². The number of carbonyl (C=O) groups is 1. The van der Waals surface area contributed by atoms with E-state index in [0.29, 0.717) is 13.1 Å². The summed E-state index contributed by atoms with van der Waals surface area (Å²) in [6, 6.07) is 17.3. The van der Waals surface area contributed by atoms with Crippen molar-refractivity contribution in [3.05, 3.63) is 65.2 Å². The van der Waals surface area contributed by atoms with Gasteiger partial charge in [-0.25, -0.2) is 0 Å². The fraction of sp³-hybridized carbons (Fsp3) is 0.316. The summed E-state index contributed by atoms with van der Waals surface area (Å²) in [5.41, 5.74) is 7.21. The summed E-state index contributed by atoms with van der Waals surface area (Å²) < 4.78 is 0. The molecule has 26 heavy (non-hydrogen) atoms. The second-order valence-electron chi connectivity index (χ2n) is 6.30. The van der Waals surface area contributed by atoms with Gasteiger partial charge in [0.25, 0.3) is 0 Å². The van der Waals surface area contributed by atoms with Crippen molar-refractivity contribution in [1.82, 2.24) is 4.90 Å². The largest absolute Gasteiger partial charge is 0.367 e. The number of benzene rings is 2. The summed E-state index contributed by atoms with van der Waals surface area (Å²) in [5, 5.41) is 0.741. The third kappa shape index (κ3) is 4.63. The zero-order valence-corrected chi connectivity index (χ0v) is 17.0. The first kappa shape index (κ1) is 22.6. The molecule has 1 saturated heterocycles. The number of amides is 1. The normalized spacial score (nSPS) is 16.1. The van der Waals surface area contributed by atoms with Crippen LogP contribution in [-0.2, 0) is 10.3 Å². The summed E-state index contributed by atoms with van der Waals surface area (Å²) in [4.78, 5) is 16.9. The molecule has 1 heterocycles. The number of halogens is 3. The van der Waals surface area contributed by atoms with E-state index >= 15 is 0 Å². The number of rotatable bonds is 3. The zero-order chi connectivity index (χ0) is 17.2. The van der Waals surface area contributed by atoms with Crippen LogP contribution in [0.4, 0.5) is 5.69 Å². The molecule has 1 atom stereocenters. The number of hydrogen-bond acceptors (Lipinski definition) is 3. The van der Waals surface area contributed by atoms with Gasteiger partial charge in [-0.3, -0.25) is 4.79 Å². The number of anilines is 1. The molecular weight excluding hydrogens is 393 g/mol. The molecule has 2 N–H and O–H groups in total. The smallest absolute Gasteiger partial charge is 0.247 e. The standard InChI is InChI=1S/C19H22ClN3O.2ClH/c1-19(21,15-7-3-2-4-8-15)18(24)23-13-11-22(12-14-23)17-10-6-5-9-16(17)20;;/h2-10H,11-14,21H2,1H3;2*1H. The number of piperazine rings is 1. The Morgan fingerprint density at radius 3 is 2.08 bits per heavy atom. The van der Waals surface area contributed by atoms with Crippen LogP contribution in [0.25, 0.3) is 0 Å². The maximum atomic E-state index is 12.9. The Morgan fingerprint density at radius 2 is 1.50 bits per heavy atom. The summed E-state index contributed by atoms with van der Waals surface area (Å²) in [6.07, 6.45) is 0. The average molecular weight is 417 g/mol. The number of nitrogens with zero attached hydrogens (tertiary/aromatic N) is 2. The third-order valence-electron chi connectivity index (χ3n) is 4.58. The Hall–Kier alpha value is -1.46. The zero-order valence-electron chi connectivity index (χ0n) is 14.6. The lowest BCUT2D eigenvalue weighted by molar-refractivity contribution is -0.137. The van der Waals surface area contributed by atoms with Crippen molar-refractivity contribution in [3.63, 3.8) is 0 Å². The second-order valence-corrected chi connectivity index (χ2v) is 6.71. The van der Waals surface area contributed by atoms with Gasteiger partial charge in [-0.1, -0.05) is 54.1 Å². The third-order valence-corrected chi connectivity index (χ3v) is 4.90. The Morgan fingerprint density at radius 1 is 0.962 bits per heavy atom. The molecule has 4 nitrogen and oxygen atoms in total. The molecule has 0 spiro atoms. The van der Waals surface area contributed by atoms with E-state index in [-0.39, 0.29) is 30.7 Å². The Bertz CT molecular complexity index is 717. The number of para-hydroxylation sites is 1. The van der Waals surface area contributed by atoms with Crippen molar-refractivity contribution in [3.8, 4) is 0 Å². The summed E-state index contributed by atoms with van der Waals surface area (Å²) in [6.45, 7) is 4.57. The predicted octanol–water partition coefficient (Wildman–Crippen LogP) is 3.71. The molecule has 3 rings (SSSR count). The molecule has 0 aromatic heterocycles. The van der Waals surface area contributed by atoms with Crippen molar-refractivity contribution in [1.29, 1.82) is 0 Å². The molecule has 0 radical (unpaired) electrons. The maximum absolute atomic E-state index is 12.9. The predicted molar refractivity (Wildman–Crippen MR) is 113 cm³/mol. The first-order valence-corrected chi connectivity index (χ1v) is 8.51. The first-order valence-electron chi connectivity index (χ1n) is 8.13. The lowest BCUT2D eigenvalue weighted by Gasteiger charge is -2.39. The number of nitrogens with two attached hydrogens (primary N) is 1. The van der Waals surface area contributed by atoms with Crippen molar-refractivity contribution in [2.75, 3.05) is 31.1 Å². The topological polar surface area (TPSA) is 49.6 Å². The number of hydrogen-bond donors (Lipinski definition) is 1. The Labute approximate surface area is 172 Å². The monoisotopic (exact) mass is 415 g/mol. The van der Waals surface area contributed by atoms with E-state index in [2.05, 4.69) is 4.90 Å². The molecule has 1 unspecified atom stereocenters. The van der Waals surface area contributed by atoms with E-state index in [4.69, 9.17) is 17.3 Å². The fourth-order valence-electron chi connectivity index (χ4n) is 3.09. The van der Waals surface area contributed by atoms with Gasteiger partial charge < -0.3 is 15.5 Å². The second kappa shape index (κ2) is 9.47. The van der Waals surface area contributed by atoms with Gasteiger partial charge in [-0.05, 0) is 24.6 Å². The molecule has 1 amide bonds. The Kier molecular flexibility index (Phi) is 8.22. The quantitative estimate of drug-likeness (QED) is 0.830. The van der Waals surface area contributed by atoms with Gasteiger partial charge >= 0.3 is 0 Å². The van der Waals surface area contributed by atoms with Crippen LogP contribution < -0.4 is 10.6 Å². The van der Waals surface area contributed by atoms with E-state index < -0.39 is 5.54 Å². The van der Waals surface area contributed by atoms with Crippen LogP contribution in [0.15, 0.2) is 54.6 Å². The Balaban J connectivity index is 0.00000169. The number of carbonyl (C=O) groups excluding carboxylic acids is 1. The van der Waals surface area contributed by atoms with E-state index in [1.807, 2.05) is 59.5 Å². The molecule has 0 aliphatic carbocycles. The van der Waals surface area contributed by atoms with Crippen LogP contribution in [0, 0.1) is 0 Å². The van der Waals surface area contributed by atoms with Crippen LogP contribution in [-0.4, -0.2) is 37.0 Å². The summed E-state index contributed by atoms with van der Waals surface area (Å²) in [5.74, 6) is -0.0347. The minimum atomic E-state index is -1.01. The van der Waals surface area contributed by atoms with E-state index in [9.17, 15) is 4.79 Å². The minimum Gasteiger partial charge on any atom is -0.367 e. The van der Waals surface area contributed by atoms with Gasteiger partial charge in [0, 0.05) is 26.2 Å². The van der Waals surface area contributed by atoms with E-state index in [1.165, 1.54) is 0 Å². The SMILES string of the molecule is CC(N)(C(=O)N1CCN(c2ccccc2Cl)CC1)c1ccccc1.Cl.Cl. The summed E-state index contributed by atoms with van der Waals surface area (Å²) in [7, 11) is 0. The lowest BCUT2D eigenvalue weighted by Crippen LogP contribution is -2.56. The van der Waals surface area contributed by atoms with Crippen molar-refractivity contribution in [2.24, 2.45) is 5.73 Å². The lowest BCUT2D eigenvalue weighted by atomic mass is 9.91. The minimum absolute atomic E-state index is 0. The molecule has 7 heteroatoms. The molecule has 2 aromatic carbocycles. The van der Waals surface area contributed by atoms with Gasteiger partial charge in [-0.15, -0.1) is 24.8 Å². The highest BCUT2D eigenvalue weighted by atomic mass is 35.5. The van der Waals surface area contributed by atoms with Crippen LogP contribution in [0.2, 0.25) is 5.02 Å². The van der Waals surface area contributed by atoms with E-state index in [0.717, 1.165) is 29.4 Å². The van der Waals surface area contributed by atoms with Crippen LogP contribution >= 0.6 is 36.4 Å². The molecule has 2 aromatic rings. The van der Waals surface area contributed by atoms with Gasteiger partial charge in [-0.2, -0.15) is 0 Å². The highest BCUT2D eigenvalue weighted by molar-refractivity contribution is 6.33. The molecule has 1 aliphatic rings. The first-order chi connectivity index (χ1) is 11.5. The van der Waals surface area contributed by atoms with Gasteiger partial charge in [0.1, 0.15) is 5.54 Å². The van der Waals surface area contributed by atoms with Gasteiger partial charge in [0.2, 0.25) is 5.91 Å². The average Bonchev–Trinajstić information content (AvgIpc) is 2.62. The molecule has 1 fully saturated rings. The highest BCUT2D eigenvalue weighted by Crippen LogP contribution is 2.27. The van der Waals surface area contributed by atoms with Crippen LogP contribution in [0.1, 0.15) is 12.5 Å². The van der Waals surface area contributed by atoms with Crippen molar-refractivity contribution >= 4 is 48.0 Å². The maximum Gasteiger partial charge on any atom is 0.247 e. The molecule has 0 saturated carbocycles. The van der Waals surface area contributed by atoms with Gasteiger partial charge in [0.15, 0.2) is 0 Å². The van der Waals surface area contributed by atoms with Gasteiger partial charge in [0.05, 0.1) is 10.7 Å². The molecular formula is C19H24Cl3N3O. The highest BCUT2D eigenvalue weighted by Gasteiger charge is 2.35. The summed E-state index contributed by atoms with van der Waals surface area (Å²) >= 11 is 6.27. The fourth-order valence-corrected chi connectivity index (χ4v) is 3.35. The molecule has 142 valence electrons. The van der Waals surface area contributed by atoms with E-state index in [1.54, 1.807) is 6.92 Å². The molecule has 0 bridgehead atoms. The molecule has 1 aliphatic heterocycles.